The molecule has 72 heavy (non-hydrogen) atoms. The monoisotopic (exact) mass is 1020 g/mol. The minimum Gasteiger partial charge on any atom is -0.497 e. The number of amides is 3. The Hall–Kier alpha value is -6.33. The van der Waals surface area contributed by atoms with Crippen LogP contribution in [0.25, 0.3) is 10.8 Å². The van der Waals surface area contributed by atoms with Crippen molar-refractivity contribution in [3.8, 4) is 23.1 Å². The molecule has 0 fully saturated rings. The molecule has 4 aromatic carbocycles. The number of hydrogen-bond acceptors (Lipinski definition) is 16. The average Bonchev–Trinajstić information content (AvgIpc) is 3.34. The van der Waals surface area contributed by atoms with E-state index in [1.54, 1.807) is 55.6 Å². The average molecular weight is 1020 g/mol. The highest BCUT2D eigenvalue weighted by atomic mass is 32.2. The van der Waals surface area contributed by atoms with Gasteiger partial charge in [-0.25, -0.2) is 18.2 Å². The van der Waals surface area contributed by atoms with E-state index in [1.807, 2.05) is 45.0 Å². The number of urea groups is 1. The van der Waals surface area contributed by atoms with Gasteiger partial charge in [0.25, 0.3) is 5.91 Å². The van der Waals surface area contributed by atoms with Crippen molar-refractivity contribution in [3.63, 3.8) is 0 Å². The van der Waals surface area contributed by atoms with Gasteiger partial charge in [-0.3, -0.25) is 9.52 Å². The van der Waals surface area contributed by atoms with Gasteiger partial charge in [-0.15, -0.1) is 0 Å². The van der Waals surface area contributed by atoms with Crippen molar-refractivity contribution in [2.45, 2.75) is 45.4 Å². The minimum atomic E-state index is -3.66. The molecular weight excluding hydrogens is 951 g/mol. The smallest absolute Gasteiger partial charge is 0.323 e. The molecule has 0 atom stereocenters. The number of ether oxygens (including phenoxy) is 9. The summed E-state index contributed by atoms with van der Waals surface area (Å²) < 4.78 is 76.9. The maximum atomic E-state index is 13.6. The summed E-state index contributed by atoms with van der Waals surface area (Å²) in [5, 5.41) is 13.1. The Balaban J connectivity index is 1.08. The molecule has 0 aliphatic rings. The van der Waals surface area contributed by atoms with E-state index in [1.165, 1.54) is 20.4 Å². The van der Waals surface area contributed by atoms with Crippen molar-refractivity contribution in [2.75, 3.05) is 127 Å². The predicted octanol–water partition coefficient (Wildman–Crippen LogP) is 8.13. The molecule has 0 saturated carbocycles. The van der Waals surface area contributed by atoms with Crippen molar-refractivity contribution in [2.24, 2.45) is 0 Å². The zero-order valence-corrected chi connectivity index (χ0v) is 43.0. The van der Waals surface area contributed by atoms with Gasteiger partial charge in [0.2, 0.25) is 21.9 Å². The number of anilines is 5. The summed E-state index contributed by atoms with van der Waals surface area (Å²) in [5.74, 6) is 1.16. The third kappa shape index (κ3) is 19.4. The standard InChI is InChI=1S/C51H69N7O13S/c1-51(2,3)37-33-43(47(65-6)44(34-37)58-72(7,61)62)56-50(60)55-42-15-16-45(41-14-10-9-13-40(41)42)71-46-17-18-53-49(57-46)54-38-31-36(32-39(35-38)64-5)48(59)52-19-22-68-27-25-66-20-11-8-12-21-67-26-28-70-30-29-69-24-23-63-4/h9-10,13-18,31-35,58H,8,11-12,19-30H2,1-7H3,(H,52,59)(H,53,54,57)(H2,55,56,60). The molecule has 0 saturated heterocycles. The Morgan fingerprint density at radius 2 is 1.28 bits per heavy atom. The van der Waals surface area contributed by atoms with Gasteiger partial charge in [0, 0.05) is 67.2 Å². The van der Waals surface area contributed by atoms with E-state index >= 15 is 0 Å². The fourth-order valence-corrected chi connectivity index (χ4v) is 7.50. The van der Waals surface area contributed by atoms with Crippen LogP contribution in [0.5, 0.6) is 23.1 Å². The molecule has 5 N–H and O–H groups in total. The highest BCUT2D eigenvalue weighted by Crippen LogP contribution is 2.40. The Morgan fingerprint density at radius 1 is 0.653 bits per heavy atom. The molecule has 0 spiro atoms. The number of nitrogens with zero attached hydrogens (tertiary/aromatic N) is 2. The summed E-state index contributed by atoms with van der Waals surface area (Å²) in [6.07, 6.45) is 5.46. The molecule has 5 aromatic rings. The van der Waals surface area contributed by atoms with E-state index in [-0.39, 0.29) is 40.3 Å². The van der Waals surface area contributed by atoms with Crippen LogP contribution >= 0.6 is 0 Å². The lowest BCUT2D eigenvalue weighted by molar-refractivity contribution is 0.00293. The number of unbranched alkanes of at least 4 members (excludes halogenated alkanes) is 2. The molecule has 392 valence electrons. The van der Waals surface area contributed by atoms with E-state index in [0.717, 1.165) is 31.1 Å². The molecule has 0 bridgehead atoms. The van der Waals surface area contributed by atoms with Crippen LogP contribution in [0.4, 0.5) is 33.5 Å². The molecule has 0 radical (unpaired) electrons. The van der Waals surface area contributed by atoms with Gasteiger partial charge in [-0.2, -0.15) is 4.98 Å². The van der Waals surface area contributed by atoms with Crippen LogP contribution in [-0.2, 0) is 43.9 Å². The summed E-state index contributed by atoms with van der Waals surface area (Å²) in [6, 6.07) is 20.2. The summed E-state index contributed by atoms with van der Waals surface area (Å²) in [7, 11) is 0.884. The highest BCUT2D eigenvalue weighted by molar-refractivity contribution is 7.92. The van der Waals surface area contributed by atoms with Gasteiger partial charge in [-0.1, -0.05) is 45.0 Å². The number of nitrogens with one attached hydrogen (secondary N) is 5. The molecule has 0 unspecified atom stereocenters. The quantitative estimate of drug-likeness (QED) is 0.0256. The highest BCUT2D eigenvalue weighted by Gasteiger charge is 2.23. The second-order valence-electron chi connectivity index (χ2n) is 17.2. The Morgan fingerprint density at radius 3 is 1.92 bits per heavy atom. The first kappa shape index (κ1) is 56.6. The number of benzene rings is 4. The topological polar surface area (TPSA) is 237 Å². The SMILES string of the molecule is COCCOCCOCCOCCCCCOCCOCCNC(=O)c1cc(Nc2nccc(Oc3ccc(NC(=O)Nc4cc(C(C)(C)C)cc(NS(C)(=O)=O)c4OC)c4ccccc34)n2)cc(OC)c1. The van der Waals surface area contributed by atoms with E-state index in [2.05, 4.69) is 36.0 Å². The maximum absolute atomic E-state index is 13.6. The van der Waals surface area contributed by atoms with Crippen LogP contribution in [-0.4, -0.2) is 137 Å². The predicted molar refractivity (Wildman–Crippen MR) is 277 cm³/mol. The van der Waals surface area contributed by atoms with E-state index in [4.69, 9.17) is 42.6 Å². The number of hydrogen-bond donors (Lipinski definition) is 5. The van der Waals surface area contributed by atoms with Crippen LogP contribution in [0, 0.1) is 0 Å². The lowest BCUT2D eigenvalue weighted by Gasteiger charge is -2.24. The number of rotatable bonds is 32. The Labute approximate surface area is 422 Å². The molecule has 1 aromatic heterocycles. The van der Waals surface area contributed by atoms with E-state index in [9.17, 15) is 18.0 Å². The zero-order valence-electron chi connectivity index (χ0n) is 42.2. The first-order valence-corrected chi connectivity index (χ1v) is 25.5. The summed E-state index contributed by atoms with van der Waals surface area (Å²) in [6.45, 7) is 12.1. The maximum Gasteiger partial charge on any atom is 0.323 e. The summed E-state index contributed by atoms with van der Waals surface area (Å²) in [5.41, 5.74) is 2.18. The molecule has 21 heteroatoms. The summed E-state index contributed by atoms with van der Waals surface area (Å²) in [4.78, 5) is 35.7. The molecular formula is C51H69N7O13S. The number of carbonyl (C=O) groups excluding carboxylic acids is 2. The van der Waals surface area contributed by atoms with Crippen molar-refractivity contribution < 1.29 is 60.6 Å². The number of aromatic nitrogens is 2. The van der Waals surface area contributed by atoms with Crippen LogP contribution in [0.15, 0.2) is 79.0 Å². The minimum absolute atomic E-state index is 0.152. The van der Waals surface area contributed by atoms with Gasteiger partial charge >= 0.3 is 6.03 Å². The van der Waals surface area contributed by atoms with Gasteiger partial charge < -0.3 is 63.9 Å². The first-order chi connectivity index (χ1) is 34.7. The largest absolute Gasteiger partial charge is 0.497 e. The number of carbonyl (C=O) groups is 2. The number of sulfonamides is 1. The van der Waals surface area contributed by atoms with Crippen molar-refractivity contribution in [1.29, 1.82) is 0 Å². The van der Waals surface area contributed by atoms with Gasteiger partial charge in [0.1, 0.15) is 11.5 Å². The van der Waals surface area contributed by atoms with E-state index < -0.39 is 16.1 Å². The number of methoxy groups -OCH3 is 3. The fraction of sp³-hybridized carbons (Fsp3) is 0.451. The van der Waals surface area contributed by atoms with Gasteiger partial charge in [0.15, 0.2) is 5.75 Å². The molecule has 0 aliphatic carbocycles. The molecule has 20 nitrogen and oxygen atoms in total. The van der Waals surface area contributed by atoms with Crippen molar-refractivity contribution >= 4 is 61.4 Å². The normalized spacial score (nSPS) is 11.5. The number of fused-ring (bicyclic) bond motifs is 1. The van der Waals surface area contributed by atoms with Crippen LogP contribution < -0.4 is 40.2 Å². The molecule has 1 heterocycles. The second kappa shape index (κ2) is 29.3. The summed E-state index contributed by atoms with van der Waals surface area (Å²) >= 11 is 0. The second-order valence-corrected chi connectivity index (χ2v) is 19.0. The molecule has 5 rings (SSSR count). The van der Waals surface area contributed by atoms with Crippen LogP contribution in [0.3, 0.4) is 0 Å². The van der Waals surface area contributed by atoms with Crippen LogP contribution in [0.1, 0.15) is 56.0 Å². The Bertz CT molecular complexity index is 2610. The lowest BCUT2D eigenvalue weighted by Crippen LogP contribution is -2.27. The lowest BCUT2D eigenvalue weighted by atomic mass is 9.86. The molecule has 0 aliphatic heterocycles. The fourth-order valence-electron chi connectivity index (χ4n) is 6.95. The zero-order chi connectivity index (χ0) is 51.8. The first-order valence-electron chi connectivity index (χ1n) is 23.6. The third-order valence-corrected chi connectivity index (χ3v) is 11.1. The van der Waals surface area contributed by atoms with E-state index in [0.29, 0.717) is 118 Å². The van der Waals surface area contributed by atoms with Crippen molar-refractivity contribution in [3.05, 3.63) is 90.1 Å². The van der Waals surface area contributed by atoms with Crippen LogP contribution in [0.2, 0.25) is 0 Å². The van der Waals surface area contributed by atoms with Gasteiger partial charge in [-0.05, 0) is 66.6 Å². The van der Waals surface area contributed by atoms with Gasteiger partial charge in [0.05, 0.1) is 97.0 Å². The third-order valence-electron chi connectivity index (χ3n) is 10.5. The molecule has 3 amide bonds. The Kier molecular flexibility index (Phi) is 23.0. The van der Waals surface area contributed by atoms with Crippen molar-refractivity contribution in [1.82, 2.24) is 15.3 Å².